The number of aliphatic hydroxyl groups is 1. The minimum absolute atomic E-state index is 0.0233. The summed E-state index contributed by atoms with van der Waals surface area (Å²) in [7, 11) is 9.80. The van der Waals surface area contributed by atoms with Gasteiger partial charge in [0.1, 0.15) is 60.4 Å². The highest BCUT2D eigenvalue weighted by atomic mass is 16.3. The molecule has 0 aromatic heterocycles. The molecule has 1 aliphatic heterocycles. The van der Waals surface area contributed by atoms with E-state index in [0.29, 0.717) is 6.42 Å². The van der Waals surface area contributed by atoms with Crippen LogP contribution in [0.5, 0.6) is 0 Å². The highest BCUT2D eigenvalue weighted by Gasteiger charge is 2.45. The van der Waals surface area contributed by atoms with Crippen molar-refractivity contribution in [2.45, 2.75) is 209 Å². The van der Waals surface area contributed by atoms with Gasteiger partial charge in [-0.05, 0) is 95.3 Å². The van der Waals surface area contributed by atoms with Gasteiger partial charge in [-0.15, -0.1) is 0 Å². The van der Waals surface area contributed by atoms with Crippen molar-refractivity contribution in [3.63, 3.8) is 0 Å². The molecule has 0 aromatic carbocycles. The highest BCUT2D eigenvalue weighted by Crippen LogP contribution is 2.25. The Hall–Kier alpha value is -6.13. The molecule has 1 fully saturated rings. The first-order chi connectivity index (χ1) is 37.8. The largest absolute Gasteiger partial charge is 0.390 e. The highest BCUT2D eigenvalue weighted by molar-refractivity contribution is 5.99. The van der Waals surface area contributed by atoms with Gasteiger partial charge in [0.05, 0.1) is 12.6 Å². The second kappa shape index (κ2) is 33.2. The fraction of sp³-hybridized carbons (Fsp3) is 0.780. The molecule has 0 saturated carbocycles. The van der Waals surface area contributed by atoms with Gasteiger partial charge in [0, 0.05) is 49.3 Å². The van der Waals surface area contributed by atoms with Gasteiger partial charge in [-0.3, -0.25) is 52.7 Å². The SMILES string of the molecule is C/C=C/C[C@@H](C)[C@@H](O)[C@H]1C(=O)N[C@@H](CC)C(=O)N(C)CC(=O)N(C)[C@H](C)C(=O)N[C@@H](C(C)C)C(=O)N(C)[C@@H](CC(C)C)C(=O)N[C@@H](C)C(=O)N[C@H](C)C(=O)N(C)[C@@H](CC(C)C)C(=O)N(C)[C@H](CC(C)C)C(=O)N(C)[C@@H](C(C)C)C(=O)N1C. The van der Waals surface area contributed by atoms with Gasteiger partial charge in [-0.1, -0.05) is 95.2 Å². The van der Waals surface area contributed by atoms with Crippen LogP contribution in [0.4, 0.5) is 0 Å². The summed E-state index contributed by atoms with van der Waals surface area (Å²) in [5.74, 6) is -9.66. The molecule has 1 saturated heterocycles. The molecule has 1 aliphatic rings. The quantitative estimate of drug-likeness (QED) is 0.166. The predicted octanol–water partition coefficient (Wildman–Crippen LogP) is 2.24. The van der Waals surface area contributed by atoms with E-state index in [1.54, 1.807) is 60.6 Å². The molecule has 468 valence electrons. The maximum Gasteiger partial charge on any atom is 0.246 e. The Bertz CT molecular complexity index is 2260. The zero-order valence-electron chi connectivity index (χ0n) is 53.8. The normalized spacial score (nSPS) is 27.4. The first-order valence-corrected chi connectivity index (χ1v) is 29.2. The van der Waals surface area contributed by atoms with Gasteiger partial charge < -0.3 is 60.7 Å². The van der Waals surface area contributed by atoms with Crippen molar-refractivity contribution in [3.8, 4) is 0 Å². The Morgan fingerprint density at radius 1 is 0.488 bits per heavy atom. The minimum atomic E-state index is -1.61. The molecule has 0 bridgehead atoms. The minimum Gasteiger partial charge on any atom is -0.390 e. The molecular formula is C59H105N11O12. The summed E-state index contributed by atoms with van der Waals surface area (Å²) in [6, 6.07) is -12.3. The van der Waals surface area contributed by atoms with Crippen LogP contribution in [-0.2, 0) is 52.7 Å². The molecule has 23 heteroatoms. The molecule has 5 N–H and O–H groups in total. The number of aliphatic hydroxyl groups excluding tert-OH is 1. The zero-order valence-corrected chi connectivity index (χ0v) is 53.8. The molecule has 0 aromatic rings. The molecule has 0 aliphatic carbocycles. The van der Waals surface area contributed by atoms with E-state index in [4.69, 9.17) is 0 Å². The van der Waals surface area contributed by atoms with Gasteiger partial charge in [-0.2, -0.15) is 0 Å². The van der Waals surface area contributed by atoms with E-state index < -0.39 is 156 Å². The number of hydrogen-bond donors (Lipinski definition) is 5. The number of nitrogens with one attached hydrogen (secondary N) is 4. The lowest BCUT2D eigenvalue weighted by Gasteiger charge is -2.41. The smallest absolute Gasteiger partial charge is 0.246 e. The lowest BCUT2D eigenvalue weighted by molar-refractivity contribution is -0.157. The fourth-order valence-electron chi connectivity index (χ4n) is 10.0. The molecule has 23 nitrogen and oxygen atoms in total. The van der Waals surface area contributed by atoms with E-state index in [1.807, 2.05) is 41.5 Å². The van der Waals surface area contributed by atoms with E-state index in [2.05, 4.69) is 21.3 Å². The van der Waals surface area contributed by atoms with Crippen molar-refractivity contribution in [2.24, 2.45) is 35.5 Å². The van der Waals surface area contributed by atoms with E-state index in [1.165, 1.54) is 89.7 Å². The first-order valence-electron chi connectivity index (χ1n) is 29.2. The number of allylic oxidation sites excluding steroid dienone is 2. The molecule has 11 amide bonds. The third kappa shape index (κ3) is 20.1. The van der Waals surface area contributed by atoms with E-state index >= 15 is 9.59 Å². The van der Waals surface area contributed by atoms with Crippen LogP contribution in [0.3, 0.4) is 0 Å². The van der Waals surface area contributed by atoms with Gasteiger partial charge in [0.25, 0.3) is 0 Å². The summed E-state index contributed by atoms with van der Waals surface area (Å²) < 4.78 is 0. The second-order valence-corrected chi connectivity index (χ2v) is 24.6. The van der Waals surface area contributed by atoms with E-state index in [9.17, 15) is 48.3 Å². The van der Waals surface area contributed by atoms with Gasteiger partial charge in [0.15, 0.2) is 0 Å². The van der Waals surface area contributed by atoms with Crippen LogP contribution in [0.25, 0.3) is 0 Å². The van der Waals surface area contributed by atoms with Crippen molar-refractivity contribution < 1.29 is 57.8 Å². The number of hydrogen-bond acceptors (Lipinski definition) is 12. The molecule has 12 atom stereocenters. The first kappa shape index (κ1) is 73.9. The summed E-state index contributed by atoms with van der Waals surface area (Å²) in [4.78, 5) is 167. The molecular weight excluding hydrogens is 1050 g/mol. The summed E-state index contributed by atoms with van der Waals surface area (Å²) in [5.41, 5.74) is 0. The van der Waals surface area contributed by atoms with Crippen LogP contribution in [0.1, 0.15) is 143 Å². The Morgan fingerprint density at radius 3 is 1.40 bits per heavy atom. The van der Waals surface area contributed by atoms with Gasteiger partial charge >= 0.3 is 0 Å². The summed E-state index contributed by atoms with van der Waals surface area (Å²) in [5, 5.41) is 22.8. The number of amides is 11. The third-order valence-corrected chi connectivity index (χ3v) is 15.6. The molecule has 0 spiro atoms. The Kier molecular flexibility index (Phi) is 29.9. The zero-order chi connectivity index (χ0) is 63.7. The second-order valence-electron chi connectivity index (χ2n) is 24.6. The monoisotopic (exact) mass is 1160 g/mol. The van der Waals surface area contributed by atoms with Crippen LogP contribution in [0, 0.1) is 35.5 Å². The number of nitrogens with zero attached hydrogens (tertiary/aromatic N) is 7. The Labute approximate surface area is 489 Å². The third-order valence-electron chi connectivity index (χ3n) is 15.6. The maximum atomic E-state index is 15.1. The lowest BCUT2D eigenvalue weighted by atomic mass is 9.91. The average Bonchev–Trinajstić information content (AvgIpc) is 3.40. The summed E-state index contributed by atoms with van der Waals surface area (Å²) in [6.45, 7) is 26.9. The molecule has 82 heavy (non-hydrogen) atoms. The van der Waals surface area contributed by atoms with Crippen LogP contribution in [-0.4, -0.2) is 227 Å². The predicted molar refractivity (Wildman–Crippen MR) is 315 cm³/mol. The number of likely N-dealkylation sites (N-methyl/N-ethyl adjacent to an activating group) is 7. The Balaban J connectivity index is 4.23. The van der Waals surface area contributed by atoms with Crippen molar-refractivity contribution >= 4 is 65.0 Å². The summed E-state index contributed by atoms with van der Waals surface area (Å²) >= 11 is 0. The maximum absolute atomic E-state index is 15.1. The molecule has 1 rings (SSSR count). The topological polar surface area (TPSA) is 279 Å². The van der Waals surface area contributed by atoms with Crippen molar-refractivity contribution in [3.05, 3.63) is 12.2 Å². The number of carbonyl (C=O) groups is 11. The van der Waals surface area contributed by atoms with Crippen molar-refractivity contribution in [1.82, 2.24) is 55.6 Å². The number of carbonyl (C=O) groups excluding carboxylic acids is 11. The molecule has 0 unspecified atom stereocenters. The molecule has 1 heterocycles. The fourth-order valence-corrected chi connectivity index (χ4v) is 10.0. The van der Waals surface area contributed by atoms with Gasteiger partial charge in [0.2, 0.25) is 65.0 Å². The van der Waals surface area contributed by atoms with Gasteiger partial charge in [-0.25, -0.2) is 0 Å². The van der Waals surface area contributed by atoms with Crippen LogP contribution >= 0.6 is 0 Å². The standard InChI is InChI=1S/C59H105N11O12/c1-24-26-27-37(13)49(72)48-53(76)62-41(25-2)55(78)64(17)31-45(71)65(18)40(16)51(74)63-46(35(9)10)58(81)66(19)42(28-32(3)4)52(75)60-38(14)50(73)61-39(15)54(77)67(20)43(29-33(5)6)56(79)68(21)44(30-34(7)8)57(80)69(22)47(36(11)12)59(82)70(48)23/h24,26,32-44,46-49,72H,25,27-31H2,1-23H3,(H,60,75)(H,61,73)(H,62,76)(H,63,74)/b26-24+/t37-,38+,39-,40-,41+,42+,43+,44-,46+,47+,48+,49-/m1/s1. The van der Waals surface area contributed by atoms with Crippen LogP contribution in [0.2, 0.25) is 0 Å². The van der Waals surface area contributed by atoms with Crippen LogP contribution < -0.4 is 21.3 Å². The molecule has 0 radical (unpaired) electrons. The summed E-state index contributed by atoms with van der Waals surface area (Å²) in [6.07, 6.45) is 2.88. The lowest BCUT2D eigenvalue weighted by Crippen LogP contribution is -2.63. The van der Waals surface area contributed by atoms with E-state index in [-0.39, 0.29) is 43.4 Å². The Morgan fingerprint density at radius 2 is 0.939 bits per heavy atom. The number of rotatable bonds is 13. The van der Waals surface area contributed by atoms with Crippen molar-refractivity contribution in [1.29, 1.82) is 0 Å². The van der Waals surface area contributed by atoms with E-state index in [0.717, 1.165) is 14.7 Å². The van der Waals surface area contributed by atoms with Crippen LogP contribution in [0.15, 0.2) is 12.2 Å². The van der Waals surface area contributed by atoms with Crippen molar-refractivity contribution in [2.75, 3.05) is 55.9 Å². The average molecular weight is 1160 g/mol.